The van der Waals surface area contributed by atoms with Gasteiger partial charge in [-0.15, -0.1) is 0 Å². The zero-order chi connectivity index (χ0) is 13.0. The third-order valence-corrected chi connectivity index (χ3v) is 2.78. The molecule has 0 aliphatic rings. The van der Waals surface area contributed by atoms with E-state index in [0.29, 0.717) is 13.0 Å². The molecule has 2 N–H and O–H groups in total. The van der Waals surface area contributed by atoms with Crippen LogP contribution in [0.3, 0.4) is 0 Å². The molecule has 18 heavy (non-hydrogen) atoms. The van der Waals surface area contributed by atoms with Crippen LogP contribution in [0.1, 0.15) is 12.5 Å². The summed E-state index contributed by atoms with van der Waals surface area (Å²) in [7, 11) is 0. The molecule has 4 heteroatoms. The monoisotopic (exact) mass is 244 g/mol. The van der Waals surface area contributed by atoms with Crippen LogP contribution in [0.5, 0.6) is 0 Å². The van der Waals surface area contributed by atoms with Gasteiger partial charge in [-0.25, -0.2) is 0 Å². The number of esters is 1. The molecule has 2 rings (SSSR count). The zero-order valence-corrected chi connectivity index (χ0v) is 10.3. The first kappa shape index (κ1) is 12.5. The van der Waals surface area contributed by atoms with E-state index in [-0.39, 0.29) is 5.97 Å². The number of nitrogens with two attached hydrogens (primary N) is 1. The van der Waals surface area contributed by atoms with Crippen LogP contribution < -0.4 is 5.73 Å². The fourth-order valence-corrected chi connectivity index (χ4v) is 1.91. The van der Waals surface area contributed by atoms with Crippen molar-refractivity contribution in [3.63, 3.8) is 0 Å². The molecule has 0 radical (unpaired) electrons. The van der Waals surface area contributed by atoms with Crippen molar-refractivity contribution in [3.05, 3.63) is 42.2 Å². The van der Waals surface area contributed by atoms with Crippen molar-refractivity contribution in [1.29, 1.82) is 0 Å². The van der Waals surface area contributed by atoms with Crippen molar-refractivity contribution >= 4 is 16.7 Å². The van der Waals surface area contributed by atoms with Crippen LogP contribution in [-0.2, 0) is 16.0 Å². The van der Waals surface area contributed by atoms with Gasteiger partial charge in [0.1, 0.15) is 6.04 Å². The Bertz CT molecular complexity index is 549. The fraction of sp³-hybridized carbons (Fsp3) is 0.286. The van der Waals surface area contributed by atoms with Crippen molar-refractivity contribution in [2.24, 2.45) is 5.73 Å². The zero-order valence-electron chi connectivity index (χ0n) is 10.3. The number of rotatable bonds is 4. The Morgan fingerprint density at radius 2 is 2.17 bits per heavy atom. The Morgan fingerprint density at radius 3 is 2.94 bits per heavy atom. The minimum absolute atomic E-state index is 0.348. The van der Waals surface area contributed by atoms with E-state index in [1.807, 2.05) is 24.3 Å². The first-order valence-electron chi connectivity index (χ1n) is 5.96. The van der Waals surface area contributed by atoms with Crippen LogP contribution in [0.2, 0.25) is 0 Å². The van der Waals surface area contributed by atoms with Gasteiger partial charge in [0, 0.05) is 24.2 Å². The van der Waals surface area contributed by atoms with Crippen molar-refractivity contribution in [3.8, 4) is 0 Å². The molecular formula is C14H16N2O2. The summed E-state index contributed by atoms with van der Waals surface area (Å²) in [6.45, 7) is 2.12. The average molecular weight is 244 g/mol. The summed E-state index contributed by atoms with van der Waals surface area (Å²) in [5.41, 5.74) is 6.79. The maximum atomic E-state index is 11.5. The molecule has 4 nitrogen and oxygen atoms in total. The number of nitrogens with zero attached hydrogens (tertiary/aromatic N) is 1. The topological polar surface area (TPSA) is 65.2 Å². The maximum Gasteiger partial charge on any atom is 0.323 e. The predicted molar refractivity (Wildman–Crippen MR) is 70.1 cm³/mol. The molecule has 0 aliphatic heterocycles. The lowest BCUT2D eigenvalue weighted by Gasteiger charge is -2.11. The van der Waals surface area contributed by atoms with E-state index in [1.165, 1.54) is 0 Å². The van der Waals surface area contributed by atoms with Crippen LogP contribution in [0.15, 0.2) is 36.7 Å². The normalized spacial score (nSPS) is 12.3. The van der Waals surface area contributed by atoms with Gasteiger partial charge >= 0.3 is 5.97 Å². The van der Waals surface area contributed by atoms with Crippen molar-refractivity contribution in [2.45, 2.75) is 19.4 Å². The van der Waals surface area contributed by atoms with Gasteiger partial charge < -0.3 is 10.5 Å². The molecule has 0 saturated heterocycles. The minimum Gasteiger partial charge on any atom is -0.465 e. The first-order valence-corrected chi connectivity index (χ1v) is 5.96. The standard InChI is InChI=1S/C14H16N2O2/c1-2-18-14(17)13(15)7-11-9-16-8-10-5-3-4-6-12(10)11/h3-6,8-9,13H,2,7,15H2,1H3. The highest BCUT2D eigenvalue weighted by molar-refractivity contribution is 5.85. The summed E-state index contributed by atoms with van der Waals surface area (Å²) in [6.07, 6.45) is 3.99. The molecule has 1 aromatic carbocycles. The summed E-state index contributed by atoms with van der Waals surface area (Å²) in [4.78, 5) is 15.7. The van der Waals surface area contributed by atoms with Crippen LogP contribution in [0, 0.1) is 0 Å². The summed E-state index contributed by atoms with van der Waals surface area (Å²) in [5.74, 6) is -0.370. The molecule has 94 valence electrons. The molecular weight excluding hydrogens is 228 g/mol. The summed E-state index contributed by atoms with van der Waals surface area (Å²) in [5, 5.41) is 2.12. The molecule has 0 amide bonds. The lowest BCUT2D eigenvalue weighted by Crippen LogP contribution is -2.34. The molecule has 1 heterocycles. The molecule has 2 aromatic rings. The largest absolute Gasteiger partial charge is 0.465 e. The number of benzene rings is 1. The number of pyridine rings is 1. The number of hydrogen-bond acceptors (Lipinski definition) is 4. The Labute approximate surface area is 106 Å². The highest BCUT2D eigenvalue weighted by Gasteiger charge is 2.16. The third kappa shape index (κ3) is 2.65. The Balaban J connectivity index is 2.24. The molecule has 0 saturated carbocycles. The van der Waals surface area contributed by atoms with E-state index in [9.17, 15) is 4.79 Å². The minimum atomic E-state index is -0.641. The van der Waals surface area contributed by atoms with Crippen molar-refractivity contribution < 1.29 is 9.53 Å². The number of carbonyl (C=O) groups is 1. The first-order chi connectivity index (χ1) is 8.72. The van der Waals surface area contributed by atoms with Gasteiger partial charge in [-0.05, 0) is 17.9 Å². The molecule has 1 atom stereocenters. The molecule has 0 bridgehead atoms. The summed E-state index contributed by atoms with van der Waals surface area (Å²) >= 11 is 0. The Hall–Kier alpha value is -1.94. The molecule has 0 spiro atoms. The predicted octanol–water partition coefficient (Wildman–Crippen LogP) is 1.67. The number of ether oxygens (including phenoxy) is 1. The van der Waals surface area contributed by atoms with Gasteiger partial charge in [0.15, 0.2) is 0 Å². The third-order valence-electron chi connectivity index (χ3n) is 2.78. The van der Waals surface area contributed by atoms with E-state index in [1.54, 1.807) is 19.3 Å². The number of aromatic nitrogens is 1. The smallest absolute Gasteiger partial charge is 0.323 e. The van der Waals surface area contributed by atoms with Crippen LogP contribution in [0.25, 0.3) is 10.8 Å². The quantitative estimate of drug-likeness (QED) is 0.831. The van der Waals surface area contributed by atoms with Crippen LogP contribution >= 0.6 is 0 Å². The van der Waals surface area contributed by atoms with Crippen LogP contribution in [0.4, 0.5) is 0 Å². The van der Waals surface area contributed by atoms with E-state index < -0.39 is 6.04 Å². The maximum absolute atomic E-state index is 11.5. The van der Waals surface area contributed by atoms with Gasteiger partial charge in [-0.2, -0.15) is 0 Å². The second kappa shape index (κ2) is 5.60. The van der Waals surface area contributed by atoms with Gasteiger partial charge in [0.25, 0.3) is 0 Å². The van der Waals surface area contributed by atoms with E-state index in [0.717, 1.165) is 16.3 Å². The highest BCUT2D eigenvalue weighted by Crippen LogP contribution is 2.18. The highest BCUT2D eigenvalue weighted by atomic mass is 16.5. The van der Waals surface area contributed by atoms with E-state index in [4.69, 9.17) is 10.5 Å². The molecule has 1 aromatic heterocycles. The van der Waals surface area contributed by atoms with Gasteiger partial charge in [0.2, 0.25) is 0 Å². The lowest BCUT2D eigenvalue weighted by molar-refractivity contribution is -0.144. The number of fused-ring (bicyclic) bond motifs is 1. The van der Waals surface area contributed by atoms with Gasteiger partial charge in [-0.1, -0.05) is 24.3 Å². The Morgan fingerprint density at radius 1 is 1.39 bits per heavy atom. The molecule has 0 aliphatic carbocycles. The Kier molecular flexibility index (Phi) is 3.89. The SMILES string of the molecule is CCOC(=O)C(N)Cc1cncc2ccccc12. The number of carbonyl (C=O) groups excluding carboxylic acids is 1. The van der Waals surface area contributed by atoms with Gasteiger partial charge in [0.05, 0.1) is 6.61 Å². The fourth-order valence-electron chi connectivity index (χ4n) is 1.91. The second-order valence-electron chi connectivity index (χ2n) is 4.08. The van der Waals surface area contributed by atoms with Gasteiger partial charge in [-0.3, -0.25) is 9.78 Å². The van der Waals surface area contributed by atoms with Crippen LogP contribution in [-0.4, -0.2) is 23.6 Å². The second-order valence-corrected chi connectivity index (χ2v) is 4.08. The molecule has 0 fully saturated rings. The number of hydrogen-bond donors (Lipinski definition) is 1. The summed E-state index contributed by atoms with van der Waals surface area (Å²) < 4.78 is 4.90. The molecule has 1 unspecified atom stereocenters. The summed E-state index contributed by atoms with van der Waals surface area (Å²) in [6, 6.07) is 7.27. The lowest BCUT2D eigenvalue weighted by atomic mass is 10.0. The van der Waals surface area contributed by atoms with Crippen molar-refractivity contribution in [1.82, 2.24) is 4.98 Å². The average Bonchev–Trinajstić information content (AvgIpc) is 2.39. The van der Waals surface area contributed by atoms with Crippen molar-refractivity contribution in [2.75, 3.05) is 6.61 Å². The van der Waals surface area contributed by atoms with E-state index in [2.05, 4.69) is 4.98 Å². The van der Waals surface area contributed by atoms with E-state index >= 15 is 0 Å².